The molecule has 3 aromatic carbocycles. The Morgan fingerprint density at radius 2 is 1.79 bits per heavy atom. The summed E-state index contributed by atoms with van der Waals surface area (Å²) in [6, 6.07) is 19.6. The zero-order valence-electron chi connectivity index (χ0n) is 17.2. The van der Waals surface area contributed by atoms with Gasteiger partial charge in [0.05, 0.1) is 12.0 Å². The number of benzene rings is 3. The summed E-state index contributed by atoms with van der Waals surface area (Å²) < 4.78 is 38.4. The van der Waals surface area contributed by atoms with Crippen molar-refractivity contribution < 1.29 is 17.6 Å². The maximum absolute atomic E-state index is 12.6. The summed E-state index contributed by atoms with van der Waals surface area (Å²) in [4.78, 5) is 4.36. The zero-order chi connectivity index (χ0) is 23.4. The smallest absolute Gasteiger partial charge is 0.261 e. The van der Waals surface area contributed by atoms with Crippen molar-refractivity contribution in [2.24, 2.45) is 0 Å². The van der Waals surface area contributed by atoms with Gasteiger partial charge >= 0.3 is 0 Å². The first-order valence-electron chi connectivity index (χ1n) is 9.58. The summed E-state index contributed by atoms with van der Waals surface area (Å²) in [7, 11) is -2.23. The third-order valence-corrected chi connectivity index (χ3v) is 6.22. The van der Waals surface area contributed by atoms with Crippen molar-refractivity contribution in [3.63, 3.8) is 0 Å². The molecular formula is C23H17ClN4O4S. The molecule has 0 aliphatic heterocycles. The van der Waals surface area contributed by atoms with Crippen LogP contribution in [0.3, 0.4) is 0 Å². The summed E-state index contributed by atoms with van der Waals surface area (Å²) in [5.74, 6) is 0.768. The minimum absolute atomic E-state index is 0.0872. The molecule has 0 aliphatic rings. The van der Waals surface area contributed by atoms with Crippen LogP contribution >= 0.6 is 11.6 Å². The predicted octanol–water partition coefficient (Wildman–Crippen LogP) is 5.27. The van der Waals surface area contributed by atoms with Gasteiger partial charge in [0.2, 0.25) is 5.89 Å². The number of nitriles is 1. The molecule has 166 valence electrons. The summed E-state index contributed by atoms with van der Waals surface area (Å²) >= 11 is 5.96. The molecular weight excluding hydrogens is 464 g/mol. The number of nitrogens with zero attached hydrogens (tertiary/aromatic N) is 2. The lowest BCUT2D eigenvalue weighted by molar-refractivity contribution is 0.415. The summed E-state index contributed by atoms with van der Waals surface area (Å²) in [5, 5.41) is 12.9. The fourth-order valence-electron chi connectivity index (χ4n) is 2.92. The number of methoxy groups -OCH3 is 1. The van der Waals surface area contributed by atoms with Crippen molar-refractivity contribution in [2.75, 3.05) is 17.1 Å². The highest BCUT2D eigenvalue weighted by Gasteiger charge is 2.15. The van der Waals surface area contributed by atoms with Gasteiger partial charge in [0.1, 0.15) is 22.9 Å². The average molecular weight is 481 g/mol. The fourth-order valence-corrected chi connectivity index (χ4v) is 4.14. The van der Waals surface area contributed by atoms with Gasteiger partial charge in [0, 0.05) is 22.6 Å². The van der Waals surface area contributed by atoms with Crippen molar-refractivity contribution in [1.82, 2.24) is 4.98 Å². The van der Waals surface area contributed by atoms with Crippen LogP contribution in [0.25, 0.3) is 16.7 Å². The van der Waals surface area contributed by atoms with Crippen LogP contribution in [0.5, 0.6) is 5.75 Å². The molecule has 1 aromatic heterocycles. The minimum atomic E-state index is -3.77. The number of oxazole rings is 1. The molecule has 0 atom stereocenters. The first-order chi connectivity index (χ1) is 15.9. The number of hydrogen-bond acceptors (Lipinski definition) is 7. The lowest BCUT2D eigenvalue weighted by Crippen LogP contribution is -2.12. The SMILES string of the molecule is COc1ccc(NS(=O)(=O)c2ccc(NC=C(C#N)c3nc4cc(Cl)ccc4o3)cc2)cc1. The maximum Gasteiger partial charge on any atom is 0.261 e. The van der Waals surface area contributed by atoms with Crippen molar-refractivity contribution in [3.05, 3.63) is 83.8 Å². The van der Waals surface area contributed by atoms with E-state index in [0.29, 0.717) is 33.2 Å². The number of sulfonamides is 1. The second-order valence-electron chi connectivity index (χ2n) is 6.80. The number of halogens is 1. The van der Waals surface area contributed by atoms with Crippen LogP contribution in [-0.2, 0) is 10.0 Å². The summed E-state index contributed by atoms with van der Waals surface area (Å²) in [6.45, 7) is 0. The molecule has 0 spiro atoms. The highest BCUT2D eigenvalue weighted by atomic mass is 35.5. The molecule has 0 unspecified atom stereocenters. The molecule has 4 rings (SSSR count). The fraction of sp³-hybridized carbons (Fsp3) is 0.0435. The minimum Gasteiger partial charge on any atom is -0.497 e. The number of anilines is 2. The molecule has 4 aromatic rings. The second kappa shape index (κ2) is 9.24. The molecule has 8 nitrogen and oxygen atoms in total. The lowest BCUT2D eigenvalue weighted by atomic mass is 10.3. The van der Waals surface area contributed by atoms with Gasteiger partial charge in [0.25, 0.3) is 10.0 Å². The molecule has 10 heteroatoms. The number of fused-ring (bicyclic) bond motifs is 1. The lowest BCUT2D eigenvalue weighted by Gasteiger charge is -2.09. The molecule has 33 heavy (non-hydrogen) atoms. The first-order valence-corrected chi connectivity index (χ1v) is 11.4. The topological polar surface area (TPSA) is 117 Å². The molecule has 0 aliphatic carbocycles. The van der Waals surface area contributed by atoms with E-state index in [4.69, 9.17) is 20.8 Å². The number of ether oxygens (including phenoxy) is 1. The molecule has 1 heterocycles. The number of allylic oxidation sites excluding steroid dienone is 1. The Bertz CT molecular complexity index is 1470. The van der Waals surface area contributed by atoms with Gasteiger partial charge in [-0.15, -0.1) is 0 Å². The maximum atomic E-state index is 12.6. The molecule has 0 amide bonds. The third-order valence-electron chi connectivity index (χ3n) is 4.59. The number of aromatic nitrogens is 1. The number of hydrogen-bond donors (Lipinski definition) is 2. The first kappa shape index (κ1) is 22.2. The van der Waals surface area contributed by atoms with Gasteiger partial charge in [-0.05, 0) is 66.7 Å². The normalized spacial score (nSPS) is 11.7. The van der Waals surface area contributed by atoms with Gasteiger partial charge in [-0.1, -0.05) is 11.6 Å². The van der Waals surface area contributed by atoms with Crippen LogP contribution in [0.4, 0.5) is 11.4 Å². The Morgan fingerprint density at radius 1 is 1.09 bits per heavy atom. The summed E-state index contributed by atoms with van der Waals surface area (Å²) in [6.07, 6.45) is 1.44. The molecule has 0 fully saturated rings. The van der Waals surface area contributed by atoms with Crippen LogP contribution < -0.4 is 14.8 Å². The largest absolute Gasteiger partial charge is 0.497 e. The Labute approximate surface area is 195 Å². The second-order valence-corrected chi connectivity index (χ2v) is 8.92. The number of rotatable bonds is 7. The van der Waals surface area contributed by atoms with E-state index in [1.165, 1.54) is 25.4 Å². The number of nitrogens with one attached hydrogen (secondary N) is 2. The van der Waals surface area contributed by atoms with Crippen molar-refractivity contribution in [3.8, 4) is 11.8 Å². The van der Waals surface area contributed by atoms with E-state index in [0.717, 1.165) is 0 Å². The zero-order valence-corrected chi connectivity index (χ0v) is 18.8. The molecule has 0 radical (unpaired) electrons. The van der Waals surface area contributed by atoms with Gasteiger partial charge in [-0.3, -0.25) is 4.72 Å². The van der Waals surface area contributed by atoms with Crippen molar-refractivity contribution in [2.45, 2.75) is 4.90 Å². The predicted molar refractivity (Wildman–Crippen MR) is 126 cm³/mol. The van der Waals surface area contributed by atoms with Crippen molar-refractivity contribution >= 4 is 49.7 Å². The van der Waals surface area contributed by atoms with E-state index < -0.39 is 10.0 Å². The van der Waals surface area contributed by atoms with Gasteiger partial charge < -0.3 is 14.5 Å². The van der Waals surface area contributed by atoms with Gasteiger partial charge in [-0.2, -0.15) is 5.26 Å². The van der Waals surface area contributed by atoms with Crippen molar-refractivity contribution in [1.29, 1.82) is 5.26 Å². The quantitative estimate of drug-likeness (QED) is 0.346. The van der Waals surface area contributed by atoms with E-state index in [9.17, 15) is 13.7 Å². The Hall–Kier alpha value is -4.00. The third kappa shape index (κ3) is 5.09. The van der Waals surface area contributed by atoms with E-state index in [1.54, 1.807) is 54.6 Å². The monoisotopic (exact) mass is 480 g/mol. The van der Waals surface area contributed by atoms with Crippen LogP contribution in [0.15, 0.2) is 82.2 Å². The molecule has 2 N–H and O–H groups in total. The van der Waals surface area contributed by atoms with Crippen LogP contribution in [0.2, 0.25) is 5.02 Å². The highest BCUT2D eigenvalue weighted by molar-refractivity contribution is 7.92. The van der Waals surface area contributed by atoms with Crippen LogP contribution in [-0.4, -0.2) is 20.5 Å². The van der Waals surface area contributed by atoms with E-state index in [1.807, 2.05) is 6.07 Å². The average Bonchev–Trinajstić information content (AvgIpc) is 3.23. The molecule has 0 saturated carbocycles. The van der Waals surface area contributed by atoms with E-state index >= 15 is 0 Å². The van der Waals surface area contributed by atoms with Gasteiger partial charge in [-0.25, -0.2) is 13.4 Å². The van der Waals surface area contributed by atoms with Crippen LogP contribution in [0, 0.1) is 11.3 Å². The Morgan fingerprint density at radius 3 is 2.45 bits per heavy atom. The summed E-state index contributed by atoms with van der Waals surface area (Å²) in [5.41, 5.74) is 2.21. The van der Waals surface area contributed by atoms with Crippen LogP contribution in [0.1, 0.15) is 5.89 Å². The van der Waals surface area contributed by atoms with E-state index in [-0.39, 0.29) is 16.4 Å². The van der Waals surface area contributed by atoms with E-state index in [2.05, 4.69) is 15.0 Å². The molecule has 0 bridgehead atoms. The Kier molecular flexibility index (Phi) is 6.22. The standard InChI is InChI=1S/C23H17ClN4O4S/c1-31-19-7-3-18(4-8-19)28-33(29,30)20-9-5-17(6-10-20)26-14-15(13-25)23-27-21-12-16(24)2-11-22(21)32-23/h2-12,14,26,28H,1H3. The molecule has 0 saturated heterocycles. The highest BCUT2D eigenvalue weighted by Crippen LogP contribution is 2.24. The van der Waals surface area contributed by atoms with Gasteiger partial charge in [0.15, 0.2) is 5.58 Å². The Balaban J connectivity index is 1.48.